The minimum absolute atomic E-state index is 0.0937. The molecule has 0 fully saturated rings. The van der Waals surface area contributed by atoms with E-state index in [0.717, 1.165) is 16.9 Å². The molecule has 0 unspecified atom stereocenters. The fourth-order valence-corrected chi connectivity index (χ4v) is 2.38. The monoisotopic (exact) mass is 258 g/mol. The maximum absolute atomic E-state index is 11.3. The van der Waals surface area contributed by atoms with E-state index >= 15 is 0 Å². The molecular formula is C14H14N2O3. The molecule has 0 saturated heterocycles. The van der Waals surface area contributed by atoms with Gasteiger partial charge in [-0.2, -0.15) is 5.10 Å². The molecule has 0 radical (unpaired) electrons. The third-order valence-electron chi connectivity index (χ3n) is 3.27. The molecule has 0 bridgehead atoms. The number of aryl methyl sites for hydroxylation is 1. The van der Waals surface area contributed by atoms with Crippen LogP contribution in [0.1, 0.15) is 27.3 Å². The molecule has 2 aromatic rings. The zero-order valence-corrected chi connectivity index (χ0v) is 10.6. The van der Waals surface area contributed by atoms with Gasteiger partial charge >= 0.3 is 5.97 Å². The lowest BCUT2D eigenvalue weighted by Gasteiger charge is -2.14. The first kappa shape index (κ1) is 11.9. The van der Waals surface area contributed by atoms with Crippen molar-refractivity contribution in [1.82, 2.24) is 9.78 Å². The van der Waals surface area contributed by atoms with Gasteiger partial charge < -0.3 is 9.84 Å². The van der Waals surface area contributed by atoms with E-state index in [9.17, 15) is 9.90 Å². The smallest absolute Gasteiger partial charge is 0.356 e. The van der Waals surface area contributed by atoms with E-state index < -0.39 is 5.97 Å². The Morgan fingerprint density at radius 3 is 3.05 bits per heavy atom. The van der Waals surface area contributed by atoms with Crippen molar-refractivity contribution in [2.45, 2.75) is 20.0 Å². The van der Waals surface area contributed by atoms with Crippen LogP contribution in [0, 0.1) is 6.92 Å². The van der Waals surface area contributed by atoms with Crippen LogP contribution in [0.4, 0.5) is 0 Å². The Kier molecular flexibility index (Phi) is 2.83. The zero-order valence-electron chi connectivity index (χ0n) is 10.6. The Morgan fingerprint density at radius 2 is 2.32 bits per heavy atom. The minimum atomic E-state index is -1.01. The molecule has 3 rings (SSSR count). The molecule has 2 heterocycles. The molecule has 1 aliphatic rings. The molecule has 5 nitrogen and oxygen atoms in total. The van der Waals surface area contributed by atoms with Crippen LogP contribution in [-0.4, -0.2) is 27.5 Å². The zero-order chi connectivity index (χ0) is 13.4. The highest BCUT2D eigenvalue weighted by Crippen LogP contribution is 2.24. The lowest BCUT2D eigenvalue weighted by Crippen LogP contribution is -2.13. The molecular weight excluding hydrogens is 244 g/mol. The molecule has 19 heavy (non-hydrogen) atoms. The highest BCUT2D eigenvalue weighted by atomic mass is 16.5. The average molecular weight is 258 g/mol. The number of fused-ring (bicyclic) bond motifs is 1. The van der Waals surface area contributed by atoms with Crippen LogP contribution in [0.3, 0.4) is 0 Å². The quantitative estimate of drug-likeness (QED) is 0.894. The van der Waals surface area contributed by atoms with E-state index in [0.29, 0.717) is 25.2 Å². The van der Waals surface area contributed by atoms with Crippen LogP contribution in [0.15, 0.2) is 24.3 Å². The van der Waals surface area contributed by atoms with Gasteiger partial charge in [0.2, 0.25) is 0 Å². The largest absolute Gasteiger partial charge is 0.476 e. The van der Waals surface area contributed by atoms with E-state index in [4.69, 9.17) is 4.74 Å². The van der Waals surface area contributed by atoms with Crippen molar-refractivity contribution >= 4 is 5.97 Å². The van der Waals surface area contributed by atoms with Gasteiger partial charge in [-0.25, -0.2) is 9.48 Å². The molecule has 0 atom stereocenters. The molecule has 0 aliphatic carbocycles. The highest BCUT2D eigenvalue weighted by molar-refractivity contribution is 5.87. The first-order chi connectivity index (χ1) is 9.16. The number of carboxylic acid groups (broad SMARTS) is 1. The van der Waals surface area contributed by atoms with Gasteiger partial charge in [-0.1, -0.05) is 12.1 Å². The van der Waals surface area contributed by atoms with Gasteiger partial charge in [-0.15, -0.1) is 0 Å². The van der Waals surface area contributed by atoms with Crippen LogP contribution >= 0.6 is 0 Å². The Balaban J connectivity index is 2.19. The van der Waals surface area contributed by atoms with Crippen molar-refractivity contribution < 1.29 is 14.6 Å². The van der Waals surface area contributed by atoms with Gasteiger partial charge in [0.05, 0.1) is 24.6 Å². The van der Waals surface area contributed by atoms with E-state index in [-0.39, 0.29) is 5.69 Å². The Labute approximate surface area is 110 Å². The maximum atomic E-state index is 11.3. The Hall–Kier alpha value is -2.14. The highest BCUT2D eigenvalue weighted by Gasteiger charge is 2.25. The van der Waals surface area contributed by atoms with E-state index in [1.54, 1.807) is 4.68 Å². The van der Waals surface area contributed by atoms with Crippen molar-refractivity contribution in [3.8, 4) is 5.69 Å². The van der Waals surface area contributed by atoms with Gasteiger partial charge in [-0.05, 0) is 24.6 Å². The average Bonchev–Trinajstić information content (AvgIpc) is 2.78. The molecule has 1 aliphatic heterocycles. The lowest BCUT2D eigenvalue weighted by atomic mass is 10.1. The second-order valence-electron chi connectivity index (χ2n) is 4.63. The first-order valence-corrected chi connectivity index (χ1v) is 6.15. The molecule has 98 valence electrons. The summed E-state index contributed by atoms with van der Waals surface area (Å²) in [7, 11) is 0. The normalized spacial score (nSPS) is 14.2. The summed E-state index contributed by atoms with van der Waals surface area (Å²) in [5.74, 6) is -1.01. The summed E-state index contributed by atoms with van der Waals surface area (Å²) in [5.41, 5.74) is 3.74. The molecule has 0 amide bonds. The lowest BCUT2D eigenvalue weighted by molar-refractivity contribution is 0.0677. The van der Waals surface area contributed by atoms with E-state index in [2.05, 4.69) is 5.10 Å². The van der Waals surface area contributed by atoms with Crippen LogP contribution < -0.4 is 0 Å². The number of ether oxygens (including phenoxy) is 1. The number of aromatic carboxylic acids is 1. The molecule has 1 aromatic heterocycles. The van der Waals surface area contributed by atoms with Crippen molar-refractivity contribution in [2.24, 2.45) is 0 Å². The molecule has 1 N–H and O–H groups in total. The number of hydrogen-bond acceptors (Lipinski definition) is 3. The van der Waals surface area contributed by atoms with Crippen LogP contribution in [-0.2, 0) is 17.8 Å². The summed E-state index contributed by atoms with van der Waals surface area (Å²) in [5, 5.41) is 13.5. The molecule has 5 heteroatoms. The summed E-state index contributed by atoms with van der Waals surface area (Å²) in [6, 6.07) is 7.87. The molecule has 1 aromatic carbocycles. The number of aromatic nitrogens is 2. The van der Waals surface area contributed by atoms with E-state index in [1.807, 2.05) is 31.2 Å². The van der Waals surface area contributed by atoms with Crippen molar-refractivity contribution in [1.29, 1.82) is 0 Å². The fraction of sp³-hybridized carbons (Fsp3) is 0.286. The van der Waals surface area contributed by atoms with Crippen molar-refractivity contribution in [3.63, 3.8) is 0 Å². The third-order valence-corrected chi connectivity index (χ3v) is 3.27. The second-order valence-corrected chi connectivity index (χ2v) is 4.63. The minimum Gasteiger partial charge on any atom is -0.476 e. The van der Waals surface area contributed by atoms with Crippen LogP contribution in [0.25, 0.3) is 5.69 Å². The van der Waals surface area contributed by atoms with Gasteiger partial charge in [0.15, 0.2) is 5.69 Å². The fourth-order valence-electron chi connectivity index (χ4n) is 2.38. The SMILES string of the molecule is Cc1cccc(-n2nc(C(=O)O)c3c2CCOC3)c1. The Bertz CT molecular complexity index is 646. The second kappa shape index (κ2) is 4.51. The molecule has 0 saturated carbocycles. The maximum Gasteiger partial charge on any atom is 0.356 e. The van der Waals surface area contributed by atoms with Crippen LogP contribution in [0.2, 0.25) is 0 Å². The topological polar surface area (TPSA) is 64.4 Å². The standard InChI is InChI=1S/C14H14N2O3/c1-9-3-2-4-10(7-9)16-12-5-6-19-8-11(12)13(15-16)14(17)18/h2-4,7H,5-6,8H2,1H3,(H,17,18). The number of hydrogen-bond donors (Lipinski definition) is 1. The third kappa shape index (κ3) is 2.02. The van der Waals surface area contributed by atoms with Crippen LogP contribution in [0.5, 0.6) is 0 Å². The predicted octanol–water partition coefficient (Wildman–Crippen LogP) is 1.95. The van der Waals surface area contributed by atoms with Crippen molar-refractivity contribution in [2.75, 3.05) is 6.61 Å². The summed E-state index contributed by atoms with van der Waals surface area (Å²) in [4.78, 5) is 11.3. The Morgan fingerprint density at radius 1 is 1.47 bits per heavy atom. The summed E-state index contributed by atoms with van der Waals surface area (Å²) >= 11 is 0. The predicted molar refractivity (Wildman–Crippen MR) is 68.6 cm³/mol. The number of nitrogens with zero attached hydrogens (tertiary/aromatic N) is 2. The van der Waals surface area contributed by atoms with Gasteiger partial charge in [-0.3, -0.25) is 0 Å². The number of benzene rings is 1. The van der Waals surface area contributed by atoms with Gasteiger partial charge in [0.1, 0.15) is 0 Å². The van der Waals surface area contributed by atoms with Crippen molar-refractivity contribution in [3.05, 3.63) is 46.8 Å². The molecule has 0 spiro atoms. The number of rotatable bonds is 2. The van der Waals surface area contributed by atoms with E-state index in [1.165, 1.54) is 0 Å². The summed E-state index contributed by atoms with van der Waals surface area (Å²) in [6.07, 6.45) is 0.684. The number of carbonyl (C=O) groups is 1. The van der Waals surface area contributed by atoms with Gasteiger partial charge in [0, 0.05) is 12.0 Å². The number of carboxylic acids is 1. The van der Waals surface area contributed by atoms with Gasteiger partial charge in [0.25, 0.3) is 0 Å². The first-order valence-electron chi connectivity index (χ1n) is 6.15. The summed E-state index contributed by atoms with van der Waals surface area (Å²) in [6.45, 7) is 2.92. The summed E-state index contributed by atoms with van der Waals surface area (Å²) < 4.78 is 7.07.